The SMILES string of the molecule is Cl.Cl.NC(CCCCB(O)O)C(=O)O.O. The molecule has 1 atom stereocenters. The number of unbranched alkanes of at least 4 members (excludes halogenated alkanes) is 1. The lowest BCUT2D eigenvalue weighted by Gasteiger charge is -2.04. The molecule has 0 aromatic heterocycles. The Hall–Kier alpha value is -0.0451. The van der Waals surface area contributed by atoms with Crippen LogP contribution < -0.4 is 5.73 Å². The second-order valence-electron chi connectivity index (χ2n) is 2.71. The van der Waals surface area contributed by atoms with E-state index in [1.165, 1.54) is 0 Å². The van der Waals surface area contributed by atoms with E-state index in [0.29, 0.717) is 19.3 Å². The third-order valence-corrected chi connectivity index (χ3v) is 1.54. The van der Waals surface area contributed by atoms with Gasteiger partial charge in [0.15, 0.2) is 0 Å². The molecule has 0 saturated heterocycles. The lowest BCUT2D eigenvalue weighted by Crippen LogP contribution is -2.29. The van der Waals surface area contributed by atoms with Gasteiger partial charge in [-0.1, -0.05) is 12.8 Å². The van der Waals surface area contributed by atoms with Crippen LogP contribution in [0.5, 0.6) is 0 Å². The maximum absolute atomic E-state index is 10.2. The zero-order valence-corrected chi connectivity index (χ0v) is 9.76. The maximum Gasteiger partial charge on any atom is 0.451 e. The molecule has 0 aliphatic heterocycles. The van der Waals surface area contributed by atoms with E-state index in [1.54, 1.807) is 0 Å². The molecule has 0 aromatic rings. The molecule has 6 nitrogen and oxygen atoms in total. The van der Waals surface area contributed by atoms with Crippen molar-refractivity contribution < 1.29 is 25.4 Å². The van der Waals surface area contributed by atoms with Gasteiger partial charge in [-0.3, -0.25) is 4.79 Å². The summed E-state index contributed by atoms with van der Waals surface area (Å²) >= 11 is 0. The Labute approximate surface area is 101 Å². The van der Waals surface area contributed by atoms with E-state index in [9.17, 15) is 4.79 Å². The molecule has 94 valence electrons. The van der Waals surface area contributed by atoms with E-state index in [2.05, 4.69) is 0 Å². The summed E-state index contributed by atoms with van der Waals surface area (Å²) in [5.41, 5.74) is 5.21. The first kappa shape index (κ1) is 24.3. The molecule has 0 aromatic carbocycles. The summed E-state index contributed by atoms with van der Waals surface area (Å²) in [5.74, 6) is -1.01. The Morgan fingerprint density at radius 2 is 1.73 bits per heavy atom. The van der Waals surface area contributed by atoms with Crippen LogP contribution in [-0.4, -0.2) is 39.8 Å². The number of rotatable bonds is 6. The van der Waals surface area contributed by atoms with Crippen molar-refractivity contribution in [2.45, 2.75) is 31.6 Å². The summed E-state index contributed by atoms with van der Waals surface area (Å²) in [7, 11) is -1.30. The Bertz CT molecular complexity index is 151. The van der Waals surface area contributed by atoms with Crippen LogP contribution in [0.15, 0.2) is 0 Å². The fourth-order valence-corrected chi connectivity index (χ4v) is 0.815. The normalized spacial score (nSPS) is 10.1. The number of carboxylic acid groups (broad SMARTS) is 1. The summed E-state index contributed by atoms with van der Waals surface area (Å²) in [6, 6.07) is -0.833. The van der Waals surface area contributed by atoms with Gasteiger partial charge >= 0.3 is 13.1 Å². The lowest BCUT2D eigenvalue weighted by atomic mass is 9.83. The summed E-state index contributed by atoms with van der Waals surface area (Å²) < 4.78 is 0. The predicted octanol–water partition coefficient (Wildman–Crippen LogP) is -0.940. The van der Waals surface area contributed by atoms with Crippen molar-refractivity contribution in [3.8, 4) is 0 Å². The molecule has 0 saturated carbocycles. The largest absolute Gasteiger partial charge is 0.480 e. The van der Waals surface area contributed by atoms with Crippen LogP contribution in [-0.2, 0) is 4.79 Å². The molecule has 0 radical (unpaired) electrons. The van der Waals surface area contributed by atoms with Gasteiger partial charge < -0.3 is 26.4 Å². The van der Waals surface area contributed by atoms with E-state index in [4.69, 9.17) is 20.9 Å². The highest BCUT2D eigenvalue weighted by Gasteiger charge is 2.11. The highest BCUT2D eigenvalue weighted by Crippen LogP contribution is 2.03. The highest BCUT2D eigenvalue weighted by atomic mass is 35.5. The standard InChI is InChI=1S/C6H14BNO4.2ClH.H2O/c8-5(6(9)10)3-1-2-4-7(11)12;;;/h5,11-12H,1-4,8H2,(H,9,10);2*1H;1H2. The van der Waals surface area contributed by atoms with Crippen LogP contribution in [0, 0.1) is 0 Å². The topological polar surface area (TPSA) is 135 Å². The minimum Gasteiger partial charge on any atom is -0.480 e. The molecular weight excluding hydrogens is 248 g/mol. The van der Waals surface area contributed by atoms with Crippen molar-refractivity contribution in [1.29, 1.82) is 0 Å². The number of carbonyl (C=O) groups is 1. The summed E-state index contributed by atoms with van der Waals surface area (Å²) in [6.07, 6.45) is 1.83. The molecule has 0 aliphatic carbocycles. The zero-order chi connectivity index (χ0) is 9.56. The van der Waals surface area contributed by atoms with Crippen molar-refractivity contribution in [2.24, 2.45) is 5.73 Å². The average Bonchev–Trinajstić information content (AvgIpc) is 1.97. The molecule has 0 fully saturated rings. The molecule has 0 bridgehead atoms. The van der Waals surface area contributed by atoms with Crippen LogP contribution in [0.4, 0.5) is 0 Å². The molecule has 9 heteroatoms. The first-order valence-electron chi connectivity index (χ1n) is 3.88. The quantitative estimate of drug-likeness (QED) is 0.363. The fraction of sp³-hybridized carbons (Fsp3) is 0.833. The molecule has 7 N–H and O–H groups in total. The van der Waals surface area contributed by atoms with Gasteiger partial charge in [0, 0.05) is 0 Å². The number of carboxylic acids is 1. The molecule has 0 heterocycles. The van der Waals surface area contributed by atoms with Gasteiger partial charge in [-0.05, 0) is 12.7 Å². The molecule has 15 heavy (non-hydrogen) atoms. The number of hydrogen-bond acceptors (Lipinski definition) is 4. The van der Waals surface area contributed by atoms with Crippen LogP contribution in [0.1, 0.15) is 19.3 Å². The molecular formula is C6H18BCl2NO5. The molecule has 0 aliphatic rings. The van der Waals surface area contributed by atoms with Crippen LogP contribution >= 0.6 is 24.8 Å². The third kappa shape index (κ3) is 16.6. The van der Waals surface area contributed by atoms with E-state index in [0.717, 1.165) is 0 Å². The predicted molar refractivity (Wildman–Crippen MR) is 62.6 cm³/mol. The fourth-order valence-electron chi connectivity index (χ4n) is 0.815. The summed E-state index contributed by atoms with van der Waals surface area (Å²) in [6.45, 7) is 0. The number of aliphatic carboxylic acids is 1. The Balaban J connectivity index is -0.000000202. The van der Waals surface area contributed by atoms with Crippen molar-refractivity contribution in [1.82, 2.24) is 0 Å². The highest BCUT2D eigenvalue weighted by molar-refractivity contribution is 6.40. The van der Waals surface area contributed by atoms with Crippen molar-refractivity contribution in [3.05, 3.63) is 0 Å². The number of hydrogen-bond donors (Lipinski definition) is 4. The van der Waals surface area contributed by atoms with Crippen molar-refractivity contribution >= 4 is 37.9 Å². The molecule has 0 rings (SSSR count). The summed E-state index contributed by atoms with van der Waals surface area (Å²) in [4.78, 5) is 10.2. The minimum atomic E-state index is -1.30. The molecule has 1 unspecified atom stereocenters. The van der Waals surface area contributed by atoms with Gasteiger partial charge in [-0.15, -0.1) is 24.8 Å². The second-order valence-corrected chi connectivity index (χ2v) is 2.71. The number of nitrogens with two attached hydrogens (primary N) is 1. The van der Waals surface area contributed by atoms with Gasteiger partial charge in [0.2, 0.25) is 0 Å². The van der Waals surface area contributed by atoms with E-state index in [1.807, 2.05) is 0 Å². The first-order valence-corrected chi connectivity index (χ1v) is 3.88. The lowest BCUT2D eigenvalue weighted by molar-refractivity contribution is -0.138. The third-order valence-electron chi connectivity index (χ3n) is 1.54. The van der Waals surface area contributed by atoms with E-state index >= 15 is 0 Å². The van der Waals surface area contributed by atoms with Gasteiger partial charge in [0.05, 0.1) is 0 Å². The summed E-state index contributed by atoms with van der Waals surface area (Å²) in [5, 5.41) is 25.2. The van der Waals surface area contributed by atoms with Gasteiger partial charge in [-0.25, -0.2) is 0 Å². The van der Waals surface area contributed by atoms with Crippen LogP contribution in [0.25, 0.3) is 0 Å². The second kappa shape index (κ2) is 14.0. The van der Waals surface area contributed by atoms with Crippen molar-refractivity contribution in [2.75, 3.05) is 0 Å². The molecule has 0 spiro atoms. The van der Waals surface area contributed by atoms with E-state index in [-0.39, 0.29) is 36.6 Å². The molecule has 0 amide bonds. The maximum atomic E-state index is 10.2. The minimum absolute atomic E-state index is 0. The number of halogens is 2. The van der Waals surface area contributed by atoms with Gasteiger partial charge in [0.1, 0.15) is 6.04 Å². The average molecular weight is 266 g/mol. The monoisotopic (exact) mass is 265 g/mol. The van der Waals surface area contributed by atoms with Crippen molar-refractivity contribution in [3.63, 3.8) is 0 Å². The van der Waals surface area contributed by atoms with Gasteiger partial charge in [0.25, 0.3) is 0 Å². The first-order chi connectivity index (χ1) is 5.54. The Morgan fingerprint density at radius 1 is 1.27 bits per heavy atom. The smallest absolute Gasteiger partial charge is 0.451 e. The zero-order valence-electron chi connectivity index (χ0n) is 8.13. The van der Waals surface area contributed by atoms with Crippen LogP contribution in [0.3, 0.4) is 0 Å². The van der Waals surface area contributed by atoms with Crippen LogP contribution in [0.2, 0.25) is 6.32 Å². The Kier molecular flexibility index (Phi) is 22.6. The van der Waals surface area contributed by atoms with E-state index < -0.39 is 19.1 Å². The Morgan fingerprint density at radius 3 is 2.07 bits per heavy atom. The van der Waals surface area contributed by atoms with Gasteiger partial charge in [-0.2, -0.15) is 0 Å².